The number of ether oxygens (including phenoxy) is 1. The third-order valence-electron chi connectivity index (χ3n) is 1.40. The Morgan fingerprint density at radius 1 is 1.20 bits per heavy atom. The highest BCUT2D eigenvalue weighted by atomic mass is 19.4. The van der Waals surface area contributed by atoms with Gasteiger partial charge in [-0.1, -0.05) is 0 Å². The van der Waals surface area contributed by atoms with Crippen LogP contribution in [0.5, 0.6) is 5.88 Å². The molecule has 0 aromatic carbocycles. The summed E-state index contributed by atoms with van der Waals surface area (Å²) in [5.74, 6) is -0.291. The van der Waals surface area contributed by atoms with Gasteiger partial charge in [0.1, 0.15) is 5.82 Å². The molecule has 8 heteroatoms. The first kappa shape index (κ1) is 11.3. The molecular weight excluding hydrogens is 213 g/mol. The molecule has 0 radical (unpaired) electrons. The fraction of sp³-hybridized carbons (Fsp3) is 0.429. The molecule has 0 aliphatic rings. The number of nitrogens with one attached hydrogen (secondary N) is 2. The molecule has 5 nitrogen and oxygen atoms in total. The van der Waals surface area contributed by atoms with Crippen LogP contribution in [0, 0.1) is 0 Å². The molecule has 1 rings (SSSR count). The van der Waals surface area contributed by atoms with Crippen LogP contribution in [0.2, 0.25) is 0 Å². The van der Waals surface area contributed by atoms with Gasteiger partial charge in [0, 0.05) is 20.2 Å². The smallest absolute Gasteiger partial charge is 0.388 e. The average Bonchev–Trinajstić information content (AvgIpc) is 2.14. The van der Waals surface area contributed by atoms with Gasteiger partial charge in [-0.15, -0.1) is 13.2 Å². The summed E-state index contributed by atoms with van der Waals surface area (Å²) >= 11 is 0. The van der Waals surface area contributed by atoms with Crippen molar-refractivity contribution in [1.29, 1.82) is 0 Å². The van der Waals surface area contributed by atoms with Crippen molar-refractivity contribution in [2.24, 2.45) is 0 Å². The highest BCUT2D eigenvalue weighted by Gasteiger charge is 2.32. The van der Waals surface area contributed by atoms with E-state index in [-0.39, 0.29) is 11.8 Å². The van der Waals surface area contributed by atoms with E-state index >= 15 is 0 Å². The molecular formula is C7H9F3N4O. The van der Waals surface area contributed by atoms with Crippen LogP contribution < -0.4 is 15.4 Å². The minimum Gasteiger partial charge on any atom is -0.388 e. The van der Waals surface area contributed by atoms with Gasteiger partial charge in [0.15, 0.2) is 0 Å². The third kappa shape index (κ3) is 3.49. The normalized spacial score (nSPS) is 11.0. The zero-order valence-corrected chi connectivity index (χ0v) is 8.01. The fourth-order valence-corrected chi connectivity index (χ4v) is 0.836. The van der Waals surface area contributed by atoms with Crippen LogP contribution in [0.15, 0.2) is 6.07 Å². The molecule has 15 heavy (non-hydrogen) atoms. The maximum absolute atomic E-state index is 11.9. The molecule has 0 aliphatic carbocycles. The van der Waals surface area contributed by atoms with Crippen molar-refractivity contribution in [3.05, 3.63) is 6.07 Å². The van der Waals surface area contributed by atoms with Gasteiger partial charge in [0.25, 0.3) is 0 Å². The molecule has 2 N–H and O–H groups in total. The second kappa shape index (κ2) is 4.20. The van der Waals surface area contributed by atoms with Crippen LogP contribution in [0.4, 0.5) is 24.9 Å². The van der Waals surface area contributed by atoms with Crippen LogP contribution >= 0.6 is 0 Å². The van der Waals surface area contributed by atoms with Gasteiger partial charge in [-0.05, 0) is 0 Å². The summed E-state index contributed by atoms with van der Waals surface area (Å²) in [6, 6.07) is 1.05. The lowest BCUT2D eigenvalue weighted by molar-refractivity contribution is -0.276. The maximum atomic E-state index is 11.9. The number of aromatic nitrogens is 2. The Morgan fingerprint density at radius 2 is 1.87 bits per heavy atom. The Hall–Kier alpha value is -1.73. The number of alkyl halides is 3. The summed E-state index contributed by atoms with van der Waals surface area (Å²) in [5.41, 5.74) is 0. The zero-order valence-electron chi connectivity index (χ0n) is 8.01. The summed E-state index contributed by atoms with van der Waals surface area (Å²) in [6.45, 7) is 0. The standard InChI is InChI=1S/C7H9F3N4O/c1-11-4-3-5(15-7(8,9)10)14-6(12-2)13-4/h3H,1-2H3,(H2,11,12,13,14). The molecule has 0 spiro atoms. The quantitative estimate of drug-likeness (QED) is 0.810. The lowest BCUT2D eigenvalue weighted by atomic mass is 10.5. The number of nitrogens with zero attached hydrogens (tertiary/aromatic N) is 2. The number of hydrogen-bond donors (Lipinski definition) is 2. The van der Waals surface area contributed by atoms with Gasteiger partial charge < -0.3 is 15.4 Å². The fourth-order valence-electron chi connectivity index (χ4n) is 0.836. The van der Waals surface area contributed by atoms with E-state index in [0.29, 0.717) is 0 Å². The van der Waals surface area contributed by atoms with Crippen molar-refractivity contribution >= 4 is 11.8 Å². The second-order valence-electron chi connectivity index (χ2n) is 2.46. The number of hydrogen-bond acceptors (Lipinski definition) is 5. The van der Waals surface area contributed by atoms with Gasteiger partial charge in [-0.3, -0.25) is 0 Å². The Morgan fingerprint density at radius 3 is 2.33 bits per heavy atom. The Labute approximate surface area is 83.7 Å². The van der Waals surface area contributed by atoms with Crippen LogP contribution in [-0.2, 0) is 0 Å². The molecule has 1 heterocycles. The van der Waals surface area contributed by atoms with Gasteiger partial charge >= 0.3 is 6.36 Å². The average molecular weight is 222 g/mol. The SMILES string of the molecule is CNc1cc(OC(F)(F)F)nc(NC)n1. The van der Waals surface area contributed by atoms with E-state index in [9.17, 15) is 13.2 Å². The van der Waals surface area contributed by atoms with Crippen LogP contribution in [-0.4, -0.2) is 30.4 Å². The van der Waals surface area contributed by atoms with Crippen molar-refractivity contribution in [3.63, 3.8) is 0 Å². The molecule has 0 aliphatic heterocycles. The van der Waals surface area contributed by atoms with Crippen molar-refractivity contribution in [3.8, 4) is 5.88 Å². The molecule has 84 valence electrons. The van der Waals surface area contributed by atoms with Crippen molar-refractivity contribution in [2.75, 3.05) is 24.7 Å². The number of anilines is 2. The van der Waals surface area contributed by atoms with E-state index in [0.717, 1.165) is 6.07 Å². The predicted molar refractivity (Wildman–Crippen MR) is 47.8 cm³/mol. The van der Waals surface area contributed by atoms with E-state index < -0.39 is 12.2 Å². The third-order valence-corrected chi connectivity index (χ3v) is 1.40. The molecule has 0 amide bonds. The van der Waals surface area contributed by atoms with Crippen LogP contribution in [0.1, 0.15) is 0 Å². The van der Waals surface area contributed by atoms with Crippen LogP contribution in [0.25, 0.3) is 0 Å². The molecule has 1 aromatic heterocycles. The van der Waals surface area contributed by atoms with Crippen molar-refractivity contribution < 1.29 is 17.9 Å². The molecule has 0 bridgehead atoms. The molecule has 0 fully saturated rings. The summed E-state index contributed by atoms with van der Waals surface area (Å²) in [5, 5.41) is 5.11. The molecule has 0 saturated carbocycles. The Bertz CT molecular complexity index is 319. The van der Waals surface area contributed by atoms with E-state index in [1.165, 1.54) is 14.1 Å². The topological polar surface area (TPSA) is 59.1 Å². The van der Waals surface area contributed by atoms with Gasteiger partial charge in [-0.25, -0.2) is 0 Å². The first-order valence-corrected chi connectivity index (χ1v) is 3.95. The van der Waals surface area contributed by atoms with Crippen LogP contribution in [0.3, 0.4) is 0 Å². The Kier molecular flexibility index (Phi) is 3.17. The summed E-state index contributed by atoms with van der Waals surface area (Å²) in [4.78, 5) is 7.30. The maximum Gasteiger partial charge on any atom is 0.574 e. The molecule has 0 saturated heterocycles. The summed E-state index contributed by atoms with van der Waals surface area (Å²) in [6.07, 6.45) is -4.76. The van der Waals surface area contributed by atoms with E-state index in [1.54, 1.807) is 0 Å². The van der Waals surface area contributed by atoms with Crippen molar-refractivity contribution in [2.45, 2.75) is 6.36 Å². The predicted octanol–water partition coefficient (Wildman–Crippen LogP) is 1.46. The minimum atomic E-state index is -4.76. The van der Waals surface area contributed by atoms with E-state index in [1.807, 2.05) is 0 Å². The highest BCUT2D eigenvalue weighted by molar-refractivity contribution is 5.43. The van der Waals surface area contributed by atoms with Crippen molar-refractivity contribution in [1.82, 2.24) is 9.97 Å². The zero-order chi connectivity index (χ0) is 11.5. The first-order chi connectivity index (χ1) is 6.94. The van der Waals surface area contributed by atoms with Gasteiger partial charge in [-0.2, -0.15) is 9.97 Å². The largest absolute Gasteiger partial charge is 0.574 e. The molecule has 0 atom stereocenters. The van der Waals surface area contributed by atoms with E-state index in [4.69, 9.17) is 0 Å². The Balaban J connectivity index is 2.97. The minimum absolute atomic E-state index is 0.0427. The molecule has 0 unspecified atom stereocenters. The number of rotatable bonds is 3. The molecule has 1 aromatic rings. The summed E-state index contributed by atoms with van der Waals surface area (Å²) in [7, 11) is 3.02. The lowest BCUT2D eigenvalue weighted by Gasteiger charge is -2.10. The highest BCUT2D eigenvalue weighted by Crippen LogP contribution is 2.23. The van der Waals surface area contributed by atoms with Gasteiger partial charge in [0.05, 0.1) is 0 Å². The summed E-state index contributed by atoms with van der Waals surface area (Å²) < 4.78 is 39.3. The first-order valence-electron chi connectivity index (χ1n) is 3.95. The lowest BCUT2D eigenvalue weighted by Crippen LogP contribution is -2.18. The van der Waals surface area contributed by atoms with E-state index in [2.05, 4.69) is 25.3 Å². The van der Waals surface area contributed by atoms with Gasteiger partial charge in [0.2, 0.25) is 11.8 Å². The second-order valence-corrected chi connectivity index (χ2v) is 2.46. The number of halogens is 3. The monoisotopic (exact) mass is 222 g/mol.